The van der Waals surface area contributed by atoms with Crippen LogP contribution in [0.15, 0.2) is 12.1 Å². The number of nitro groups is 1. The van der Waals surface area contributed by atoms with Crippen LogP contribution in [0.4, 0.5) is 5.00 Å². The van der Waals surface area contributed by atoms with Crippen molar-refractivity contribution >= 4 is 16.3 Å². The second-order valence-corrected chi connectivity index (χ2v) is 3.88. The average molecular weight is 184 g/mol. The van der Waals surface area contributed by atoms with Crippen molar-refractivity contribution in [2.75, 3.05) is 13.1 Å². The molecule has 1 N–H and O–H groups in total. The van der Waals surface area contributed by atoms with Crippen LogP contribution in [0.25, 0.3) is 0 Å². The molecule has 4 nitrogen and oxygen atoms in total. The molecule has 0 amide bonds. The van der Waals surface area contributed by atoms with E-state index in [1.165, 1.54) is 11.3 Å². The highest BCUT2D eigenvalue weighted by molar-refractivity contribution is 7.15. The van der Waals surface area contributed by atoms with Crippen molar-refractivity contribution < 1.29 is 4.92 Å². The molecule has 64 valence electrons. The highest BCUT2D eigenvalue weighted by atomic mass is 32.1. The average Bonchev–Trinajstić information content (AvgIpc) is 2.32. The first-order valence-corrected chi connectivity index (χ1v) is 4.54. The second kappa shape index (κ2) is 2.84. The summed E-state index contributed by atoms with van der Waals surface area (Å²) < 4.78 is 0. The van der Waals surface area contributed by atoms with Gasteiger partial charge >= 0.3 is 5.00 Å². The van der Waals surface area contributed by atoms with Crippen molar-refractivity contribution in [1.82, 2.24) is 5.32 Å². The largest absolute Gasteiger partial charge is 0.324 e. The fraction of sp³-hybridized carbons (Fsp3) is 0.429. The number of nitrogens with one attached hydrogen (secondary N) is 1. The van der Waals surface area contributed by atoms with Crippen LogP contribution in [0, 0.1) is 10.1 Å². The van der Waals surface area contributed by atoms with Gasteiger partial charge in [0.25, 0.3) is 0 Å². The maximum absolute atomic E-state index is 10.3. The SMILES string of the molecule is O=[N+]([O-])c1ccc(C2CNC2)s1. The number of rotatable bonds is 2. The van der Waals surface area contributed by atoms with Crippen LogP contribution < -0.4 is 5.32 Å². The molecule has 0 saturated carbocycles. The molecule has 0 radical (unpaired) electrons. The number of thiophene rings is 1. The summed E-state index contributed by atoms with van der Waals surface area (Å²) in [6, 6.07) is 3.44. The Balaban J connectivity index is 2.17. The molecule has 2 heterocycles. The molecular formula is C7H8N2O2S. The van der Waals surface area contributed by atoms with E-state index in [1.807, 2.05) is 6.07 Å². The fourth-order valence-electron chi connectivity index (χ4n) is 1.15. The minimum Gasteiger partial charge on any atom is -0.315 e. The topological polar surface area (TPSA) is 55.2 Å². The standard InChI is InChI=1S/C7H8N2O2S/c10-9(11)7-2-1-6(12-7)5-3-8-4-5/h1-2,5,8H,3-4H2. The molecule has 1 aliphatic heterocycles. The van der Waals surface area contributed by atoms with Crippen LogP contribution in [-0.4, -0.2) is 18.0 Å². The Hall–Kier alpha value is -0.940. The molecule has 1 saturated heterocycles. The summed E-state index contributed by atoms with van der Waals surface area (Å²) in [5.74, 6) is 0.503. The van der Waals surface area contributed by atoms with Gasteiger partial charge in [0.15, 0.2) is 0 Å². The molecule has 2 rings (SSSR count). The Kier molecular flexibility index (Phi) is 1.82. The van der Waals surface area contributed by atoms with Crippen LogP contribution in [-0.2, 0) is 0 Å². The molecule has 0 aliphatic carbocycles. The van der Waals surface area contributed by atoms with Gasteiger partial charge in [-0.3, -0.25) is 10.1 Å². The van der Waals surface area contributed by atoms with Crippen molar-refractivity contribution in [3.05, 3.63) is 27.1 Å². The molecule has 0 atom stereocenters. The summed E-state index contributed by atoms with van der Waals surface area (Å²) >= 11 is 1.29. The van der Waals surface area contributed by atoms with E-state index in [2.05, 4.69) is 5.32 Å². The molecule has 0 unspecified atom stereocenters. The zero-order chi connectivity index (χ0) is 8.55. The first-order valence-electron chi connectivity index (χ1n) is 3.72. The maximum Gasteiger partial charge on any atom is 0.324 e. The number of nitrogens with zero attached hydrogens (tertiary/aromatic N) is 1. The summed E-state index contributed by atoms with van der Waals surface area (Å²) in [7, 11) is 0. The zero-order valence-corrected chi connectivity index (χ0v) is 7.13. The summed E-state index contributed by atoms with van der Waals surface area (Å²) in [4.78, 5) is 11.1. The lowest BCUT2D eigenvalue weighted by molar-refractivity contribution is -0.380. The van der Waals surface area contributed by atoms with Crippen LogP contribution in [0.5, 0.6) is 0 Å². The van der Waals surface area contributed by atoms with E-state index in [0.717, 1.165) is 18.0 Å². The molecule has 0 spiro atoms. The maximum atomic E-state index is 10.3. The Labute approximate surface area is 73.4 Å². The summed E-state index contributed by atoms with van der Waals surface area (Å²) in [6.07, 6.45) is 0. The highest BCUT2D eigenvalue weighted by Gasteiger charge is 2.22. The first kappa shape index (κ1) is 7.70. The van der Waals surface area contributed by atoms with Crippen molar-refractivity contribution in [1.29, 1.82) is 0 Å². The van der Waals surface area contributed by atoms with Crippen LogP contribution >= 0.6 is 11.3 Å². The molecule has 12 heavy (non-hydrogen) atoms. The smallest absolute Gasteiger partial charge is 0.315 e. The van der Waals surface area contributed by atoms with Gasteiger partial charge in [-0.2, -0.15) is 0 Å². The summed E-state index contributed by atoms with van der Waals surface area (Å²) in [5.41, 5.74) is 0. The lowest BCUT2D eigenvalue weighted by atomic mass is 10.0. The third-order valence-corrected chi connectivity index (χ3v) is 3.18. The van der Waals surface area contributed by atoms with E-state index in [-0.39, 0.29) is 9.92 Å². The van der Waals surface area contributed by atoms with Crippen LogP contribution in [0.3, 0.4) is 0 Å². The molecular weight excluding hydrogens is 176 g/mol. The Morgan fingerprint density at radius 3 is 2.75 bits per heavy atom. The van der Waals surface area contributed by atoms with Crippen molar-refractivity contribution in [3.8, 4) is 0 Å². The predicted molar refractivity (Wildman–Crippen MR) is 46.6 cm³/mol. The highest BCUT2D eigenvalue weighted by Crippen LogP contribution is 2.31. The Bertz CT molecular complexity index is 306. The van der Waals surface area contributed by atoms with E-state index < -0.39 is 0 Å². The minimum atomic E-state index is -0.333. The molecule has 0 bridgehead atoms. The number of hydrogen-bond acceptors (Lipinski definition) is 4. The Morgan fingerprint density at radius 2 is 2.33 bits per heavy atom. The van der Waals surface area contributed by atoms with Gasteiger partial charge in [0.05, 0.1) is 4.92 Å². The van der Waals surface area contributed by atoms with E-state index in [0.29, 0.717) is 5.92 Å². The predicted octanol–water partition coefficient (Wildman–Crippen LogP) is 1.34. The van der Waals surface area contributed by atoms with Crippen LogP contribution in [0.2, 0.25) is 0 Å². The third-order valence-electron chi connectivity index (χ3n) is 1.98. The van der Waals surface area contributed by atoms with Gasteiger partial charge < -0.3 is 5.32 Å². The minimum absolute atomic E-state index is 0.247. The van der Waals surface area contributed by atoms with Gasteiger partial charge in [-0.05, 0) is 6.07 Å². The van der Waals surface area contributed by atoms with E-state index in [1.54, 1.807) is 6.07 Å². The second-order valence-electron chi connectivity index (χ2n) is 2.79. The quantitative estimate of drug-likeness (QED) is 0.557. The molecule has 5 heteroatoms. The van der Waals surface area contributed by atoms with E-state index in [4.69, 9.17) is 0 Å². The van der Waals surface area contributed by atoms with Gasteiger partial charge in [0.1, 0.15) is 0 Å². The molecule has 1 aromatic rings. The molecule has 0 aromatic carbocycles. The van der Waals surface area contributed by atoms with E-state index in [9.17, 15) is 10.1 Å². The van der Waals surface area contributed by atoms with E-state index >= 15 is 0 Å². The van der Waals surface area contributed by atoms with Gasteiger partial charge in [-0.15, -0.1) is 0 Å². The van der Waals surface area contributed by atoms with Crippen molar-refractivity contribution in [2.24, 2.45) is 0 Å². The van der Waals surface area contributed by atoms with Gasteiger partial charge in [0.2, 0.25) is 0 Å². The number of hydrogen-bond donors (Lipinski definition) is 1. The first-order chi connectivity index (χ1) is 5.77. The lowest BCUT2D eigenvalue weighted by Gasteiger charge is -2.25. The summed E-state index contributed by atoms with van der Waals surface area (Å²) in [6.45, 7) is 1.91. The third kappa shape index (κ3) is 1.21. The molecule has 1 aromatic heterocycles. The molecule has 1 aliphatic rings. The monoisotopic (exact) mass is 184 g/mol. The van der Waals surface area contributed by atoms with Gasteiger partial charge in [0, 0.05) is 30.0 Å². The van der Waals surface area contributed by atoms with Crippen LogP contribution in [0.1, 0.15) is 10.8 Å². The van der Waals surface area contributed by atoms with Crippen molar-refractivity contribution in [2.45, 2.75) is 5.92 Å². The zero-order valence-electron chi connectivity index (χ0n) is 6.32. The van der Waals surface area contributed by atoms with Crippen molar-refractivity contribution in [3.63, 3.8) is 0 Å². The summed E-state index contributed by atoms with van der Waals surface area (Å²) in [5, 5.41) is 13.7. The van der Waals surface area contributed by atoms with Gasteiger partial charge in [-0.1, -0.05) is 11.3 Å². The van der Waals surface area contributed by atoms with Gasteiger partial charge in [-0.25, -0.2) is 0 Å². The normalized spacial score (nSPS) is 17.3. The fourth-order valence-corrected chi connectivity index (χ4v) is 2.07. The Morgan fingerprint density at radius 1 is 1.58 bits per heavy atom. The lowest BCUT2D eigenvalue weighted by Crippen LogP contribution is -2.39. The molecule has 1 fully saturated rings.